The first-order valence-electron chi connectivity index (χ1n) is 8.49. The van der Waals surface area contributed by atoms with E-state index >= 15 is 0 Å². The SMILES string of the molecule is C[C@H](OC(=O)c1csc2c1CCCC2)C(=O)Nc1ccc(S(N)(=O)=O)cc1. The van der Waals surface area contributed by atoms with E-state index in [1.165, 1.54) is 36.1 Å². The number of carbonyl (C=O) groups is 2. The van der Waals surface area contributed by atoms with Crippen LogP contribution < -0.4 is 10.5 Å². The normalized spacial score (nSPS) is 14.9. The summed E-state index contributed by atoms with van der Waals surface area (Å²) in [6.45, 7) is 1.49. The number of ether oxygens (including phenoxy) is 1. The van der Waals surface area contributed by atoms with E-state index in [0.717, 1.165) is 31.2 Å². The molecule has 1 aromatic heterocycles. The molecule has 0 unspecified atom stereocenters. The van der Waals surface area contributed by atoms with Gasteiger partial charge >= 0.3 is 5.97 Å². The van der Waals surface area contributed by atoms with E-state index in [-0.39, 0.29) is 4.90 Å². The molecule has 27 heavy (non-hydrogen) atoms. The lowest BCUT2D eigenvalue weighted by Crippen LogP contribution is -2.30. The van der Waals surface area contributed by atoms with Crippen LogP contribution in [0.25, 0.3) is 0 Å². The van der Waals surface area contributed by atoms with Crippen LogP contribution in [0.4, 0.5) is 5.69 Å². The summed E-state index contributed by atoms with van der Waals surface area (Å²) in [5.41, 5.74) is 1.97. The van der Waals surface area contributed by atoms with Gasteiger partial charge in [-0.25, -0.2) is 18.4 Å². The second kappa shape index (κ2) is 7.79. The number of benzene rings is 1. The molecule has 0 saturated carbocycles. The van der Waals surface area contributed by atoms with Gasteiger partial charge in [0.15, 0.2) is 6.10 Å². The standard InChI is InChI=1S/C18H20N2O5S2/c1-11(17(21)20-12-6-8-13(9-7-12)27(19,23)24)25-18(22)15-10-26-16-5-3-2-4-14(15)16/h6-11H,2-5H2,1H3,(H,20,21)(H2,19,23,24)/t11-/m0/s1. The van der Waals surface area contributed by atoms with Gasteiger partial charge in [-0.05, 0) is 62.4 Å². The van der Waals surface area contributed by atoms with Crippen molar-refractivity contribution in [3.05, 3.63) is 45.6 Å². The molecule has 1 aromatic carbocycles. The zero-order chi connectivity index (χ0) is 19.6. The van der Waals surface area contributed by atoms with Gasteiger partial charge in [0.2, 0.25) is 10.0 Å². The van der Waals surface area contributed by atoms with Gasteiger partial charge in [-0.1, -0.05) is 0 Å². The quantitative estimate of drug-likeness (QED) is 0.738. The highest BCUT2D eigenvalue weighted by molar-refractivity contribution is 7.89. The Morgan fingerprint density at radius 2 is 1.85 bits per heavy atom. The maximum atomic E-state index is 12.4. The van der Waals surface area contributed by atoms with Crippen molar-refractivity contribution in [1.29, 1.82) is 0 Å². The first-order valence-corrected chi connectivity index (χ1v) is 10.9. The molecule has 2 aromatic rings. The highest BCUT2D eigenvalue weighted by Gasteiger charge is 2.24. The predicted octanol–water partition coefficient (Wildman–Crippen LogP) is 2.46. The summed E-state index contributed by atoms with van der Waals surface area (Å²) in [6, 6.07) is 5.42. The molecule has 1 heterocycles. The number of hydrogen-bond acceptors (Lipinski definition) is 6. The molecule has 1 aliphatic rings. The topological polar surface area (TPSA) is 116 Å². The van der Waals surface area contributed by atoms with E-state index in [2.05, 4.69) is 5.32 Å². The van der Waals surface area contributed by atoms with Crippen molar-refractivity contribution in [3.8, 4) is 0 Å². The molecule has 0 spiro atoms. The van der Waals surface area contributed by atoms with Crippen LogP contribution >= 0.6 is 11.3 Å². The minimum Gasteiger partial charge on any atom is -0.449 e. The van der Waals surface area contributed by atoms with E-state index in [1.54, 1.807) is 16.7 Å². The lowest BCUT2D eigenvalue weighted by atomic mass is 9.96. The van der Waals surface area contributed by atoms with Crippen LogP contribution in [0.3, 0.4) is 0 Å². The molecule has 7 nitrogen and oxygen atoms in total. The number of amides is 1. The first-order chi connectivity index (χ1) is 12.8. The number of rotatable bonds is 5. The zero-order valence-electron chi connectivity index (χ0n) is 14.7. The van der Waals surface area contributed by atoms with Crippen LogP contribution in [-0.2, 0) is 32.4 Å². The number of nitrogens with one attached hydrogen (secondary N) is 1. The largest absolute Gasteiger partial charge is 0.449 e. The van der Waals surface area contributed by atoms with Crippen molar-refractivity contribution in [2.75, 3.05) is 5.32 Å². The number of primary sulfonamides is 1. The summed E-state index contributed by atoms with van der Waals surface area (Å²) in [5, 5.41) is 9.42. The van der Waals surface area contributed by atoms with Crippen LogP contribution in [0.15, 0.2) is 34.5 Å². The van der Waals surface area contributed by atoms with E-state index in [0.29, 0.717) is 11.3 Å². The Labute approximate surface area is 161 Å². The van der Waals surface area contributed by atoms with Crippen molar-refractivity contribution in [2.45, 2.75) is 43.6 Å². The van der Waals surface area contributed by atoms with Gasteiger partial charge in [-0.2, -0.15) is 0 Å². The van der Waals surface area contributed by atoms with Crippen LogP contribution in [0.1, 0.15) is 40.6 Å². The number of hydrogen-bond donors (Lipinski definition) is 2. The van der Waals surface area contributed by atoms with Gasteiger partial charge in [-0.3, -0.25) is 4.79 Å². The molecule has 144 valence electrons. The number of esters is 1. The number of sulfonamides is 1. The molecule has 1 amide bonds. The molecule has 3 rings (SSSR count). The Balaban J connectivity index is 1.62. The fourth-order valence-corrected chi connectivity index (χ4v) is 4.54. The Hall–Kier alpha value is -2.23. The lowest BCUT2D eigenvalue weighted by Gasteiger charge is -2.15. The minimum atomic E-state index is -3.79. The first kappa shape index (κ1) is 19.5. The third-order valence-corrected chi connectivity index (χ3v) is 6.40. The Morgan fingerprint density at radius 3 is 2.52 bits per heavy atom. The van der Waals surface area contributed by atoms with Crippen molar-refractivity contribution in [1.82, 2.24) is 0 Å². The van der Waals surface area contributed by atoms with Crippen molar-refractivity contribution in [3.63, 3.8) is 0 Å². The lowest BCUT2D eigenvalue weighted by molar-refractivity contribution is -0.123. The van der Waals surface area contributed by atoms with Crippen molar-refractivity contribution < 1.29 is 22.7 Å². The third kappa shape index (κ3) is 4.55. The van der Waals surface area contributed by atoms with E-state index in [4.69, 9.17) is 9.88 Å². The third-order valence-electron chi connectivity index (χ3n) is 4.38. The summed E-state index contributed by atoms with van der Waals surface area (Å²) < 4.78 is 27.8. The molecule has 0 radical (unpaired) electrons. The van der Waals surface area contributed by atoms with Gasteiger partial charge in [0.1, 0.15) is 0 Å². The molecule has 3 N–H and O–H groups in total. The van der Waals surface area contributed by atoms with E-state index in [1.807, 2.05) is 0 Å². The molecule has 1 aliphatic carbocycles. The van der Waals surface area contributed by atoms with Crippen LogP contribution in [0.5, 0.6) is 0 Å². The smallest absolute Gasteiger partial charge is 0.340 e. The number of fused-ring (bicyclic) bond motifs is 1. The number of nitrogens with two attached hydrogens (primary N) is 1. The monoisotopic (exact) mass is 408 g/mol. The van der Waals surface area contributed by atoms with Crippen LogP contribution in [-0.4, -0.2) is 26.4 Å². The molecule has 0 fully saturated rings. The molecule has 0 saturated heterocycles. The van der Waals surface area contributed by atoms with Gasteiger partial charge < -0.3 is 10.1 Å². The second-order valence-electron chi connectivity index (χ2n) is 6.36. The van der Waals surface area contributed by atoms with E-state index in [9.17, 15) is 18.0 Å². The van der Waals surface area contributed by atoms with Crippen LogP contribution in [0.2, 0.25) is 0 Å². The van der Waals surface area contributed by atoms with Crippen molar-refractivity contribution >= 4 is 38.9 Å². The number of carbonyl (C=O) groups excluding carboxylic acids is 2. The minimum absolute atomic E-state index is 0.0535. The molecular weight excluding hydrogens is 388 g/mol. The highest BCUT2D eigenvalue weighted by Crippen LogP contribution is 2.30. The molecule has 0 aliphatic heterocycles. The summed E-state index contributed by atoms with van der Waals surface area (Å²) in [6.07, 6.45) is 3.03. The van der Waals surface area contributed by atoms with Crippen molar-refractivity contribution in [2.24, 2.45) is 5.14 Å². The number of aryl methyl sites for hydroxylation is 1. The number of anilines is 1. The Morgan fingerprint density at radius 1 is 1.19 bits per heavy atom. The average Bonchev–Trinajstić information content (AvgIpc) is 3.05. The molecule has 0 bridgehead atoms. The maximum absolute atomic E-state index is 12.4. The second-order valence-corrected chi connectivity index (χ2v) is 8.89. The average molecular weight is 409 g/mol. The Bertz CT molecular complexity index is 964. The fourth-order valence-electron chi connectivity index (χ4n) is 2.91. The summed E-state index contributed by atoms with van der Waals surface area (Å²) in [7, 11) is -3.79. The Kier molecular flexibility index (Phi) is 5.64. The predicted molar refractivity (Wildman–Crippen MR) is 102 cm³/mol. The van der Waals surface area contributed by atoms with E-state index < -0.39 is 28.0 Å². The zero-order valence-corrected chi connectivity index (χ0v) is 16.4. The maximum Gasteiger partial charge on any atom is 0.340 e. The van der Waals surface area contributed by atoms with Crippen LogP contribution in [0, 0.1) is 0 Å². The molecular formula is C18H20N2O5S2. The summed E-state index contributed by atoms with van der Waals surface area (Å²) in [5.74, 6) is -1.00. The highest BCUT2D eigenvalue weighted by atomic mass is 32.2. The number of thiophene rings is 1. The molecule has 9 heteroatoms. The van der Waals surface area contributed by atoms with Gasteiger partial charge in [-0.15, -0.1) is 11.3 Å². The summed E-state index contributed by atoms with van der Waals surface area (Å²) >= 11 is 1.56. The van der Waals surface area contributed by atoms with Gasteiger partial charge in [0.25, 0.3) is 5.91 Å². The van der Waals surface area contributed by atoms with Gasteiger partial charge in [0, 0.05) is 15.9 Å². The summed E-state index contributed by atoms with van der Waals surface area (Å²) in [4.78, 5) is 25.9. The fraction of sp³-hybridized carbons (Fsp3) is 0.333. The molecule has 1 atom stereocenters. The van der Waals surface area contributed by atoms with Gasteiger partial charge in [0.05, 0.1) is 10.5 Å².